The summed E-state index contributed by atoms with van der Waals surface area (Å²) in [5.41, 5.74) is 0.747. The van der Waals surface area contributed by atoms with Gasteiger partial charge in [-0.05, 0) is 29.1 Å². The lowest BCUT2D eigenvalue weighted by molar-refractivity contribution is -0.146. The molecule has 0 bridgehead atoms. The number of methoxy groups -OCH3 is 1. The third kappa shape index (κ3) is 4.54. The molecular formula is C16H13FN2O4S. The van der Waals surface area contributed by atoms with Crippen LogP contribution in [0.5, 0.6) is 5.75 Å². The first-order valence-corrected chi connectivity index (χ1v) is 7.67. The average Bonchev–Trinajstić information content (AvgIpc) is 3.00. The number of benzene rings is 1. The molecule has 0 aliphatic heterocycles. The first-order valence-electron chi connectivity index (χ1n) is 6.79. The van der Waals surface area contributed by atoms with E-state index in [1.165, 1.54) is 36.6 Å². The summed E-state index contributed by atoms with van der Waals surface area (Å²) in [6, 6.07) is 7.62. The number of carbonyl (C=O) groups excluding carboxylic acids is 2. The zero-order valence-corrected chi connectivity index (χ0v) is 13.5. The summed E-state index contributed by atoms with van der Waals surface area (Å²) in [7, 11) is 1.34. The number of hydrogen-bond acceptors (Lipinski definition) is 6. The Morgan fingerprint density at radius 1 is 1.38 bits per heavy atom. The Labute approximate surface area is 141 Å². The maximum Gasteiger partial charge on any atom is 0.310 e. The third-order valence-electron chi connectivity index (χ3n) is 2.97. The molecule has 2 aromatic rings. The molecule has 0 saturated carbocycles. The summed E-state index contributed by atoms with van der Waals surface area (Å²) in [5.74, 6) is -1.72. The minimum Gasteiger partial charge on any atom is -0.494 e. The Morgan fingerprint density at radius 2 is 2.17 bits per heavy atom. The van der Waals surface area contributed by atoms with E-state index in [4.69, 9.17) is 14.7 Å². The van der Waals surface area contributed by atoms with Crippen LogP contribution in [-0.2, 0) is 20.7 Å². The quantitative estimate of drug-likeness (QED) is 0.810. The maximum absolute atomic E-state index is 13.5. The van der Waals surface area contributed by atoms with E-state index < -0.39 is 24.3 Å². The number of nitrogens with zero attached hydrogens (tertiary/aromatic N) is 1. The standard InChI is InChI=1S/C16H13FN2O4S/c1-22-13-3-2-10(6-12(13)17)7-15(21)23-9-14(20)19-16-11(8-18)4-5-24-16/h2-6H,7,9H2,1H3,(H,19,20). The van der Waals surface area contributed by atoms with Gasteiger partial charge in [0.1, 0.15) is 11.1 Å². The number of anilines is 1. The van der Waals surface area contributed by atoms with Crippen LogP contribution in [0.1, 0.15) is 11.1 Å². The van der Waals surface area contributed by atoms with Crippen LogP contribution in [0.25, 0.3) is 0 Å². The average molecular weight is 348 g/mol. The summed E-state index contributed by atoms with van der Waals surface area (Å²) in [4.78, 5) is 23.4. The van der Waals surface area contributed by atoms with Gasteiger partial charge in [-0.1, -0.05) is 6.07 Å². The van der Waals surface area contributed by atoms with Crippen LogP contribution in [0.15, 0.2) is 29.6 Å². The van der Waals surface area contributed by atoms with E-state index in [2.05, 4.69) is 5.32 Å². The van der Waals surface area contributed by atoms with E-state index in [9.17, 15) is 14.0 Å². The topological polar surface area (TPSA) is 88.4 Å². The normalized spacial score (nSPS) is 9.88. The number of thiophene rings is 1. The van der Waals surface area contributed by atoms with Gasteiger partial charge in [0.25, 0.3) is 5.91 Å². The molecule has 8 heteroatoms. The number of amides is 1. The van der Waals surface area contributed by atoms with Crippen molar-refractivity contribution >= 4 is 28.2 Å². The van der Waals surface area contributed by atoms with E-state index in [1.54, 1.807) is 11.4 Å². The summed E-state index contributed by atoms with van der Waals surface area (Å²) in [6.07, 6.45) is -0.170. The molecule has 0 fully saturated rings. The predicted molar refractivity (Wildman–Crippen MR) is 85.3 cm³/mol. The fraction of sp³-hybridized carbons (Fsp3) is 0.188. The lowest BCUT2D eigenvalue weighted by Crippen LogP contribution is -2.21. The molecule has 6 nitrogen and oxygen atoms in total. The highest BCUT2D eigenvalue weighted by molar-refractivity contribution is 7.14. The first kappa shape index (κ1) is 17.4. The van der Waals surface area contributed by atoms with Gasteiger partial charge in [-0.25, -0.2) is 4.39 Å². The number of rotatable bonds is 6. The van der Waals surface area contributed by atoms with Crippen LogP contribution in [0.4, 0.5) is 9.39 Å². The van der Waals surface area contributed by atoms with Gasteiger partial charge in [0.05, 0.1) is 19.1 Å². The van der Waals surface area contributed by atoms with Crippen molar-refractivity contribution in [2.75, 3.05) is 19.0 Å². The first-order chi connectivity index (χ1) is 11.5. The molecule has 0 unspecified atom stereocenters. The molecule has 24 heavy (non-hydrogen) atoms. The Morgan fingerprint density at radius 3 is 2.83 bits per heavy atom. The molecule has 1 amide bonds. The molecule has 1 aromatic heterocycles. The molecule has 1 heterocycles. The molecule has 1 aromatic carbocycles. The molecule has 0 aliphatic carbocycles. The molecule has 124 valence electrons. The lowest BCUT2D eigenvalue weighted by Gasteiger charge is -2.07. The summed E-state index contributed by atoms with van der Waals surface area (Å²) >= 11 is 1.20. The van der Waals surface area contributed by atoms with Gasteiger partial charge in [-0.2, -0.15) is 5.26 Å². The zero-order valence-electron chi connectivity index (χ0n) is 12.7. The number of esters is 1. The summed E-state index contributed by atoms with van der Waals surface area (Å²) in [5, 5.41) is 13.4. The van der Waals surface area contributed by atoms with Crippen LogP contribution < -0.4 is 10.1 Å². The van der Waals surface area contributed by atoms with E-state index >= 15 is 0 Å². The SMILES string of the molecule is COc1ccc(CC(=O)OCC(=O)Nc2sccc2C#N)cc1F. The van der Waals surface area contributed by atoms with Crippen molar-refractivity contribution in [3.05, 3.63) is 46.6 Å². The highest BCUT2D eigenvalue weighted by Crippen LogP contribution is 2.22. The molecular weight excluding hydrogens is 335 g/mol. The Balaban J connectivity index is 1.84. The minimum atomic E-state index is -0.665. The Kier molecular flexibility index (Phi) is 5.87. The van der Waals surface area contributed by atoms with Crippen molar-refractivity contribution in [2.24, 2.45) is 0 Å². The van der Waals surface area contributed by atoms with Gasteiger partial charge >= 0.3 is 5.97 Å². The van der Waals surface area contributed by atoms with Gasteiger partial charge in [-0.15, -0.1) is 11.3 Å². The van der Waals surface area contributed by atoms with E-state index in [1.807, 2.05) is 6.07 Å². The number of nitriles is 1. The van der Waals surface area contributed by atoms with Gasteiger partial charge < -0.3 is 14.8 Å². The van der Waals surface area contributed by atoms with Gasteiger partial charge in [0.2, 0.25) is 0 Å². The fourth-order valence-electron chi connectivity index (χ4n) is 1.84. The molecule has 2 rings (SSSR count). The zero-order chi connectivity index (χ0) is 17.5. The smallest absolute Gasteiger partial charge is 0.310 e. The lowest BCUT2D eigenvalue weighted by atomic mass is 10.1. The van der Waals surface area contributed by atoms with Crippen molar-refractivity contribution in [2.45, 2.75) is 6.42 Å². The van der Waals surface area contributed by atoms with Crippen LogP contribution in [0.2, 0.25) is 0 Å². The van der Waals surface area contributed by atoms with Crippen LogP contribution >= 0.6 is 11.3 Å². The highest BCUT2D eigenvalue weighted by atomic mass is 32.1. The Hall–Kier alpha value is -2.92. The number of ether oxygens (including phenoxy) is 2. The van der Waals surface area contributed by atoms with Crippen molar-refractivity contribution in [3.8, 4) is 11.8 Å². The van der Waals surface area contributed by atoms with Crippen LogP contribution in [0, 0.1) is 17.1 Å². The van der Waals surface area contributed by atoms with Crippen LogP contribution in [0.3, 0.4) is 0 Å². The van der Waals surface area contributed by atoms with Crippen molar-refractivity contribution in [1.29, 1.82) is 5.26 Å². The second-order valence-corrected chi connectivity index (χ2v) is 5.55. The fourth-order valence-corrected chi connectivity index (χ4v) is 2.59. The molecule has 0 radical (unpaired) electrons. The number of nitrogens with one attached hydrogen (secondary N) is 1. The van der Waals surface area contributed by atoms with Crippen LogP contribution in [-0.4, -0.2) is 25.6 Å². The van der Waals surface area contributed by atoms with E-state index in [-0.39, 0.29) is 12.2 Å². The summed E-state index contributed by atoms with van der Waals surface area (Å²) in [6.45, 7) is -0.486. The van der Waals surface area contributed by atoms with Gasteiger partial charge in [-0.3, -0.25) is 9.59 Å². The molecule has 0 aliphatic rings. The van der Waals surface area contributed by atoms with Gasteiger partial charge in [0, 0.05) is 0 Å². The number of hydrogen-bond donors (Lipinski definition) is 1. The molecule has 1 N–H and O–H groups in total. The maximum atomic E-state index is 13.5. The van der Waals surface area contributed by atoms with Crippen molar-refractivity contribution in [3.63, 3.8) is 0 Å². The van der Waals surface area contributed by atoms with Crippen molar-refractivity contribution in [1.82, 2.24) is 0 Å². The molecule has 0 atom stereocenters. The predicted octanol–water partition coefficient (Wildman–Crippen LogP) is 2.49. The summed E-state index contributed by atoms with van der Waals surface area (Å²) < 4.78 is 23.2. The highest BCUT2D eigenvalue weighted by Gasteiger charge is 2.12. The third-order valence-corrected chi connectivity index (χ3v) is 3.80. The largest absolute Gasteiger partial charge is 0.494 e. The van der Waals surface area contributed by atoms with Crippen molar-refractivity contribution < 1.29 is 23.5 Å². The number of carbonyl (C=O) groups is 2. The Bertz CT molecular complexity index is 798. The second kappa shape index (κ2) is 8.08. The second-order valence-electron chi connectivity index (χ2n) is 4.63. The monoisotopic (exact) mass is 348 g/mol. The van der Waals surface area contributed by atoms with E-state index in [0.29, 0.717) is 16.1 Å². The number of halogens is 1. The molecule has 0 spiro atoms. The van der Waals surface area contributed by atoms with E-state index in [0.717, 1.165) is 0 Å². The minimum absolute atomic E-state index is 0.0794. The van der Waals surface area contributed by atoms with Gasteiger partial charge in [0.15, 0.2) is 18.2 Å². The molecule has 0 saturated heterocycles.